The van der Waals surface area contributed by atoms with Gasteiger partial charge in [-0.1, -0.05) is 78.6 Å². The van der Waals surface area contributed by atoms with Gasteiger partial charge in [0.2, 0.25) is 8.24 Å². The van der Waals surface area contributed by atoms with Crippen molar-refractivity contribution in [2.75, 3.05) is 4.67 Å². The molecule has 0 aromatic carbocycles. The Morgan fingerprint density at radius 1 is 0.636 bits per heavy atom. The van der Waals surface area contributed by atoms with Gasteiger partial charge in [0.15, 0.2) is 22.3 Å². The van der Waals surface area contributed by atoms with E-state index in [4.69, 9.17) is 15.0 Å². The van der Waals surface area contributed by atoms with Crippen LogP contribution in [0.5, 0.6) is 0 Å². The summed E-state index contributed by atoms with van der Waals surface area (Å²) in [4.78, 5) is 0. The molecule has 0 fully saturated rings. The van der Waals surface area contributed by atoms with E-state index in [9.17, 15) is 0 Å². The number of rotatable bonds is 9. The minimum Gasteiger partial charge on any atom is -0.328 e. The maximum atomic E-state index is 5.50. The van der Waals surface area contributed by atoms with Crippen LogP contribution in [0.1, 0.15) is 0 Å². The average Bonchev–Trinajstić information content (AvgIpc) is 2.85. The first-order valence-corrected chi connectivity index (χ1v) is 33.1. The lowest BCUT2D eigenvalue weighted by atomic mass is 10.5. The van der Waals surface area contributed by atoms with Crippen LogP contribution in [-0.2, 0) is 0 Å². The van der Waals surface area contributed by atoms with Crippen LogP contribution in [0.25, 0.3) is 0 Å². The van der Waals surface area contributed by atoms with Crippen LogP contribution in [-0.4, -0.2) is 63.0 Å². The van der Waals surface area contributed by atoms with Crippen molar-refractivity contribution in [2.24, 2.45) is 9.89 Å². The predicted molar refractivity (Wildman–Crippen MR) is 166 cm³/mol. The molecule has 1 rings (SSSR count). The van der Waals surface area contributed by atoms with Crippen LogP contribution in [0.4, 0.5) is 11.5 Å². The molecule has 0 aliphatic heterocycles. The zero-order chi connectivity index (χ0) is 26.6. The van der Waals surface area contributed by atoms with Crippen molar-refractivity contribution in [3.05, 3.63) is 0 Å². The van der Waals surface area contributed by atoms with E-state index in [0.717, 1.165) is 11.5 Å². The van der Waals surface area contributed by atoms with E-state index < -0.39 is 49.3 Å². The SMILES string of the molecule is C[Si](C)(C)N=Nc1c(N(N([Si](C)(C)C)[Si](C)(C)C)[Si](C)(C)C)nn([Si](C)(C)C)c1[Si](C)(C)C. The van der Waals surface area contributed by atoms with E-state index >= 15 is 0 Å². The highest BCUT2D eigenvalue weighted by atomic mass is 28.4. The lowest BCUT2D eigenvalue weighted by Crippen LogP contribution is -2.72. The van der Waals surface area contributed by atoms with Crippen molar-refractivity contribution in [3.8, 4) is 0 Å². The van der Waals surface area contributed by atoms with Crippen molar-refractivity contribution >= 4 is 66.1 Å². The molecular weight excluding hydrogens is 505 g/mol. The van der Waals surface area contributed by atoms with Crippen LogP contribution in [0.2, 0.25) is 118 Å². The maximum absolute atomic E-state index is 5.50. The summed E-state index contributed by atoms with van der Waals surface area (Å²) in [7, 11) is -10.5. The number of hydrogen-bond donors (Lipinski definition) is 0. The fourth-order valence-electron chi connectivity index (χ4n) is 4.31. The molecule has 0 radical (unpaired) electrons. The summed E-state index contributed by atoms with van der Waals surface area (Å²) >= 11 is 0. The molecule has 0 saturated heterocycles. The first-order chi connectivity index (χ1) is 14.2. The van der Waals surface area contributed by atoms with E-state index in [-0.39, 0.29) is 0 Å². The van der Waals surface area contributed by atoms with Gasteiger partial charge in [-0.15, -0.1) is 0 Å². The van der Waals surface area contributed by atoms with Gasteiger partial charge in [0, 0.05) is 5.32 Å². The highest BCUT2D eigenvalue weighted by Gasteiger charge is 2.47. The van der Waals surface area contributed by atoms with Crippen molar-refractivity contribution in [1.82, 2.24) is 13.8 Å². The molecule has 0 saturated carbocycles. The van der Waals surface area contributed by atoms with E-state index in [0.29, 0.717) is 0 Å². The van der Waals surface area contributed by atoms with E-state index in [1.54, 1.807) is 0 Å². The third-order valence-corrected chi connectivity index (χ3v) is 18.4. The summed E-state index contributed by atoms with van der Waals surface area (Å²) in [6, 6.07) is 0. The Morgan fingerprint density at radius 2 is 1.06 bits per heavy atom. The van der Waals surface area contributed by atoms with Crippen molar-refractivity contribution in [2.45, 2.75) is 118 Å². The second-order valence-corrected chi connectivity index (χ2v) is 44.4. The molecule has 0 unspecified atom stereocenters. The van der Waals surface area contributed by atoms with Crippen LogP contribution in [0.15, 0.2) is 9.89 Å². The lowest BCUT2D eigenvalue weighted by Gasteiger charge is -2.55. The van der Waals surface area contributed by atoms with E-state index in [1.165, 1.54) is 5.32 Å². The molecule has 33 heavy (non-hydrogen) atoms. The Kier molecular flexibility index (Phi) is 8.79. The van der Waals surface area contributed by atoms with Crippen LogP contribution in [0.3, 0.4) is 0 Å². The fourth-order valence-corrected chi connectivity index (χ4v) is 23.9. The number of aromatic nitrogens is 2. The van der Waals surface area contributed by atoms with E-state index in [2.05, 4.69) is 131 Å². The van der Waals surface area contributed by atoms with Crippen molar-refractivity contribution in [1.29, 1.82) is 0 Å². The van der Waals surface area contributed by atoms with Gasteiger partial charge in [0.25, 0.3) is 0 Å². The molecule has 0 aliphatic carbocycles. The Balaban J connectivity index is 4.27. The summed E-state index contributed by atoms with van der Waals surface area (Å²) in [6.45, 7) is 43.6. The zero-order valence-corrected chi connectivity index (χ0v) is 31.2. The maximum Gasteiger partial charge on any atom is 0.200 e. The molecule has 1 aromatic heterocycles. The van der Waals surface area contributed by atoms with Gasteiger partial charge in [0.05, 0.1) is 0 Å². The third kappa shape index (κ3) is 7.93. The smallest absolute Gasteiger partial charge is 0.200 e. The normalized spacial score (nSPS) is 15.1. The summed E-state index contributed by atoms with van der Waals surface area (Å²) in [5, 5.41) is 12.0. The Morgan fingerprint density at radius 3 is 1.33 bits per heavy atom. The molecular formula is C21H54N6Si6. The minimum absolute atomic E-state index is 1.07. The molecule has 0 N–H and O–H groups in total. The molecule has 192 valence electrons. The average molecular weight is 559 g/mol. The summed E-state index contributed by atoms with van der Waals surface area (Å²) in [6.07, 6.45) is 0. The fraction of sp³-hybridized carbons (Fsp3) is 0.857. The van der Waals surface area contributed by atoms with Gasteiger partial charge in [-0.05, 0) is 39.3 Å². The van der Waals surface area contributed by atoms with Gasteiger partial charge in [0.1, 0.15) is 30.2 Å². The monoisotopic (exact) mass is 558 g/mol. The predicted octanol–water partition coefficient (Wildman–Crippen LogP) is 7.56. The Labute approximate surface area is 211 Å². The van der Waals surface area contributed by atoms with Gasteiger partial charge < -0.3 is 4.67 Å². The van der Waals surface area contributed by atoms with Crippen molar-refractivity contribution in [3.63, 3.8) is 0 Å². The van der Waals surface area contributed by atoms with Crippen LogP contribution in [0, 0.1) is 0 Å². The van der Waals surface area contributed by atoms with Crippen molar-refractivity contribution < 1.29 is 0 Å². The van der Waals surface area contributed by atoms with Gasteiger partial charge in [-0.3, -0.25) is 8.69 Å². The highest BCUT2D eigenvalue weighted by Crippen LogP contribution is 2.38. The second kappa shape index (κ2) is 9.39. The van der Waals surface area contributed by atoms with Crippen LogP contribution < -0.4 is 9.99 Å². The summed E-state index contributed by atoms with van der Waals surface area (Å²) < 4.78 is 12.9. The number of nitrogens with zero attached hydrogens (tertiary/aromatic N) is 6. The van der Waals surface area contributed by atoms with Crippen LogP contribution >= 0.6 is 0 Å². The largest absolute Gasteiger partial charge is 0.328 e. The minimum atomic E-state index is -1.85. The molecule has 12 heteroatoms. The number of hydrazine groups is 1. The second-order valence-electron chi connectivity index (χ2n) is 15.4. The molecule has 1 heterocycles. The Hall–Kier alpha value is -0.129. The number of hydrogen-bond acceptors (Lipinski definition) is 5. The van der Waals surface area contributed by atoms with Gasteiger partial charge in [-0.2, -0.15) is 10.2 Å². The van der Waals surface area contributed by atoms with Gasteiger partial charge >= 0.3 is 0 Å². The molecule has 0 bridgehead atoms. The van der Waals surface area contributed by atoms with Gasteiger partial charge in [-0.25, -0.2) is 4.78 Å². The Bertz CT molecular complexity index is 841. The quantitative estimate of drug-likeness (QED) is 0.178. The third-order valence-electron chi connectivity index (χ3n) is 4.95. The summed E-state index contributed by atoms with van der Waals surface area (Å²) in [5.41, 5.74) is 1.07. The first kappa shape index (κ1) is 30.9. The highest BCUT2D eigenvalue weighted by molar-refractivity contribution is 6.94. The first-order valence-electron chi connectivity index (χ1n) is 12.4. The molecule has 0 amide bonds. The zero-order valence-electron chi connectivity index (χ0n) is 25.2. The standard InChI is InChI=1S/C21H54N6Si6/c1-28(2,3)21-19(22-24-29(4,5)6)20(23-25(21)30(7,8)9)26(31(10,11)12)27(32(13,14)15)33(16,17)18/h1-18H3. The molecule has 1 aromatic rings. The molecule has 0 spiro atoms. The lowest BCUT2D eigenvalue weighted by molar-refractivity contribution is 0.636. The summed E-state index contributed by atoms with van der Waals surface area (Å²) in [5.74, 6) is 1.08. The molecule has 0 atom stereocenters. The molecule has 6 nitrogen and oxygen atoms in total. The number of anilines is 1. The topological polar surface area (TPSA) is 49.0 Å². The molecule has 0 aliphatic rings. The van der Waals surface area contributed by atoms with E-state index in [1.807, 2.05) is 0 Å².